The van der Waals surface area contributed by atoms with Crippen LogP contribution in [0.1, 0.15) is 10.4 Å². The number of piperazine rings is 1. The van der Waals surface area contributed by atoms with Gasteiger partial charge in [-0.05, 0) is 30.3 Å². The average molecular weight is 388 g/mol. The Balaban J connectivity index is 0.00000208. The first-order valence-electron chi connectivity index (χ1n) is 7.31. The summed E-state index contributed by atoms with van der Waals surface area (Å²) in [6.07, 6.45) is 1.77. The molecule has 0 saturated carbocycles. The molecule has 0 bridgehead atoms. The van der Waals surface area contributed by atoms with E-state index in [1.54, 1.807) is 30.5 Å². The summed E-state index contributed by atoms with van der Waals surface area (Å²) in [5.74, 6) is 0.175. The zero-order valence-electron chi connectivity index (χ0n) is 12.8. The maximum atomic E-state index is 12.2. The lowest BCUT2D eigenvalue weighted by Gasteiger charge is -2.29. The monoisotopic (exact) mass is 386 g/mol. The molecule has 2 heterocycles. The summed E-state index contributed by atoms with van der Waals surface area (Å²) in [6.45, 7) is 3.84. The average Bonchev–Trinajstić information content (AvgIpc) is 2.56. The quantitative estimate of drug-likeness (QED) is 0.846. The molecule has 3 rings (SSSR count). The van der Waals surface area contributed by atoms with Crippen LogP contribution in [0.3, 0.4) is 0 Å². The van der Waals surface area contributed by atoms with Crippen molar-refractivity contribution in [2.24, 2.45) is 0 Å². The lowest BCUT2D eigenvalue weighted by molar-refractivity contribution is 0.102. The van der Waals surface area contributed by atoms with Gasteiger partial charge in [-0.25, -0.2) is 4.98 Å². The highest BCUT2D eigenvalue weighted by Gasteiger charge is 2.13. The van der Waals surface area contributed by atoms with Crippen LogP contribution in [0.5, 0.6) is 0 Å². The Morgan fingerprint density at radius 1 is 1.17 bits per heavy atom. The number of pyridine rings is 1. The summed E-state index contributed by atoms with van der Waals surface area (Å²) in [6, 6.07) is 8.51. The fourth-order valence-electron chi connectivity index (χ4n) is 2.43. The summed E-state index contributed by atoms with van der Waals surface area (Å²) >= 11 is 11.9. The second-order valence-corrected chi connectivity index (χ2v) is 6.06. The van der Waals surface area contributed by atoms with Gasteiger partial charge in [0, 0.05) is 31.2 Å². The summed E-state index contributed by atoms with van der Waals surface area (Å²) in [5, 5.41) is 6.85. The first-order valence-corrected chi connectivity index (χ1v) is 8.07. The molecule has 2 aromatic rings. The van der Waals surface area contributed by atoms with Crippen LogP contribution in [0.2, 0.25) is 10.0 Å². The number of anilines is 2. The maximum Gasteiger partial charge on any atom is 0.258 e. The molecule has 0 unspecified atom stereocenters. The molecule has 24 heavy (non-hydrogen) atoms. The molecule has 0 radical (unpaired) electrons. The molecule has 1 aromatic heterocycles. The van der Waals surface area contributed by atoms with Crippen molar-refractivity contribution in [1.82, 2.24) is 10.3 Å². The number of nitrogens with one attached hydrogen (secondary N) is 2. The molecule has 1 fully saturated rings. The summed E-state index contributed by atoms with van der Waals surface area (Å²) in [7, 11) is 0. The van der Waals surface area contributed by atoms with Gasteiger partial charge in [-0.15, -0.1) is 12.4 Å². The van der Waals surface area contributed by atoms with Gasteiger partial charge in [0.2, 0.25) is 0 Å². The number of amides is 1. The topological polar surface area (TPSA) is 57.3 Å². The van der Waals surface area contributed by atoms with Crippen LogP contribution in [0.4, 0.5) is 11.5 Å². The first-order chi connectivity index (χ1) is 11.1. The molecule has 5 nitrogen and oxygen atoms in total. The SMILES string of the molecule is Cl.O=C(Nc1ccc(N2CCNCC2)cn1)c1ccc(Cl)cc1Cl. The van der Waals surface area contributed by atoms with E-state index in [0.29, 0.717) is 21.4 Å². The zero-order valence-corrected chi connectivity index (χ0v) is 15.1. The number of halogens is 3. The van der Waals surface area contributed by atoms with Crippen molar-refractivity contribution in [2.45, 2.75) is 0 Å². The van der Waals surface area contributed by atoms with E-state index in [9.17, 15) is 4.79 Å². The lowest BCUT2D eigenvalue weighted by Crippen LogP contribution is -2.43. The van der Waals surface area contributed by atoms with Gasteiger partial charge in [0.05, 0.1) is 22.5 Å². The predicted molar refractivity (Wildman–Crippen MR) is 101 cm³/mol. The minimum Gasteiger partial charge on any atom is -0.368 e. The Hall–Kier alpha value is -1.53. The standard InChI is InChI=1S/C16H16Cl2N4O.ClH/c17-11-1-3-13(14(18)9-11)16(23)21-15-4-2-12(10-20-15)22-7-5-19-6-8-22;/h1-4,9-10,19H,5-8H2,(H,20,21,23);1H. The van der Waals surface area contributed by atoms with Crippen LogP contribution in [0.15, 0.2) is 36.5 Å². The third-order valence-electron chi connectivity index (χ3n) is 3.65. The largest absolute Gasteiger partial charge is 0.368 e. The number of rotatable bonds is 3. The van der Waals surface area contributed by atoms with Gasteiger partial charge in [-0.1, -0.05) is 23.2 Å². The van der Waals surface area contributed by atoms with Crippen molar-refractivity contribution in [1.29, 1.82) is 0 Å². The van der Waals surface area contributed by atoms with Crippen molar-refractivity contribution in [3.8, 4) is 0 Å². The van der Waals surface area contributed by atoms with E-state index in [0.717, 1.165) is 31.9 Å². The van der Waals surface area contributed by atoms with Crippen molar-refractivity contribution in [3.63, 3.8) is 0 Å². The van der Waals surface area contributed by atoms with Crippen LogP contribution in [-0.2, 0) is 0 Å². The van der Waals surface area contributed by atoms with E-state index in [1.807, 2.05) is 6.07 Å². The van der Waals surface area contributed by atoms with Gasteiger partial charge < -0.3 is 15.5 Å². The second-order valence-electron chi connectivity index (χ2n) is 5.22. The third kappa shape index (κ3) is 4.51. The molecule has 1 aliphatic heterocycles. The van der Waals surface area contributed by atoms with E-state index in [4.69, 9.17) is 23.2 Å². The maximum absolute atomic E-state index is 12.2. The van der Waals surface area contributed by atoms with Gasteiger partial charge in [-0.2, -0.15) is 0 Å². The van der Waals surface area contributed by atoms with E-state index < -0.39 is 0 Å². The lowest BCUT2D eigenvalue weighted by atomic mass is 10.2. The molecule has 8 heteroatoms. The third-order valence-corrected chi connectivity index (χ3v) is 4.20. The van der Waals surface area contributed by atoms with Crippen LogP contribution >= 0.6 is 35.6 Å². The normalized spacial score (nSPS) is 14.0. The van der Waals surface area contributed by atoms with Crippen molar-refractivity contribution >= 4 is 53.0 Å². The second kappa shape index (κ2) is 8.53. The molecule has 1 saturated heterocycles. The number of carbonyl (C=O) groups is 1. The molecule has 128 valence electrons. The number of benzene rings is 1. The van der Waals surface area contributed by atoms with Gasteiger partial charge in [0.1, 0.15) is 5.82 Å². The number of hydrogen-bond donors (Lipinski definition) is 2. The van der Waals surface area contributed by atoms with Gasteiger partial charge >= 0.3 is 0 Å². The van der Waals surface area contributed by atoms with Crippen molar-refractivity contribution in [3.05, 3.63) is 52.1 Å². The molecule has 1 amide bonds. The minimum atomic E-state index is -0.311. The molecule has 0 aliphatic carbocycles. The molecular formula is C16H17Cl3N4O. The first kappa shape index (κ1) is 18.8. The highest BCUT2D eigenvalue weighted by atomic mass is 35.5. The van der Waals surface area contributed by atoms with Gasteiger partial charge in [0.25, 0.3) is 5.91 Å². The Kier molecular flexibility index (Phi) is 6.69. The Morgan fingerprint density at radius 3 is 2.54 bits per heavy atom. The van der Waals surface area contributed by atoms with Gasteiger partial charge in [-0.3, -0.25) is 4.79 Å². The van der Waals surface area contributed by atoms with E-state index in [-0.39, 0.29) is 18.3 Å². The van der Waals surface area contributed by atoms with Crippen LogP contribution < -0.4 is 15.5 Å². The minimum absolute atomic E-state index is 0. The van der Waals surface area contributed by atoms with Crippen LogP contribution in [0, 0.1) is 0 Å². The molecule has 1 aromatic carbocycles. The Labute approximate surface area is 156 Å². The van der Waals surface area contributed by atoms with E-state index in [1.165, 1.54) is 0 Å². The number of aromatic nitrogens is 1. The number of nitrogens with zero attached hydrogens (tertiary/aromatic N) is 2. The fraction of sp³-hybridized carbons (Fsp3) is 0.250. The predicted octanol–water partition coefficient (Wildman–Crippen LogP) is 3.47. The molecule has 0 atom stereocenters. The molecule has 1 aliphatic rings. The number of hydrogen-bond acceptors (Lipinski definition) is 4. The molecule has 0 spiro atoms. The highest BCUT2D eigenvalue weighted by molar-refractivity contribution is 6.37. The fourth-order valence-corrected chi connectivity index (χ4v) is 2.92. The summed E-state index contributed by atoms with van der Waals surface area (Å²) in [5.41, 5.74) is 1.41. The van der Waals surface area contributed by atoms with Gasteiger partial charge in [0.15, 0.2) is 0 Å². The van der Waals surface area contributed by atoms with Crippen LogP contribution in [-0.4, -0.2) is 37.1 Å². The summed E-state index contributed by atoms with van der Waals surface area (Å²) < 4.78 is 0. The van der Waals surface area contributed by atoms with Crippen molar-refractivity contribution in [2.75, 3.05) is 36.4 Å². The van der Waals surface area contributed by atoms with Crippen molar-refractivity contribution < 1.29 is 4.79 Å². The van der Waals surface area contributed by atoms with E-state index >= 15 is 0 Å². The highest BCUT2D eigenvalue weighted by Crippen LogP contribution is 2.22. The zero-order chi connectivity index (χ0) is 16.2. The molecular weight excluding hydrogens is 371 g/mol. The molecule has 2 N–H and O–H groups in total. The van der Waals surface area contributed by atoms with E-state index in [2.05, 4.69) is 20.5 Å². The smallest absolute Gasteiger partial charge is 0.258 e. The number of carbonyl (C=O) groups excluding carboxylic acids is 1. The summed E-state index contributed by atoms with van der Waals surface area (Å²) in [4.78, 5) is 18.8. The Bertz CT molecular complexity index is 703. The van der Waals surface area contributed by atoms with Crippen LogP contribution in [0.25, 0.3) is 0 Å². The Morgan fingerprint density at radius 2 is 1.92 bits per heavy atom.